The van der Waals surface area contributed by atoms with Gasteiger partial charge >= 0.3 is 0 Å². The molecule has 2 N–H and O–H groups in total. The molecule has 2 atom stereocenters. The summed E-state index contributed by atoms with van der Waals surface area (Å²) in [7, 11) is 0. The van der Waals surface area contributed by atoms with Crippen LogP contribution in [0.1, 0.15) is 12.0 Å². The van der Waals surface area contributed by atoms with Gasteiger partial charge in [0.2, 0.25) is 0 Å². The van der Waals surface area contributed by atoms with Crippen LogP contribution in [-0.4, -0.2) is 33.6 Å². The van der Waals surface area contributed by atoms with Crippen LogP contribution in [0, 0.1) is 6.92 Å². The van der Waals surface area contributed by atoms with E-state index < -0.39 is 11.6 Å². The first-order chi connectivity index (χ1) is 9.05. The topological polar surface area (TPSA) is 73.1 Å². The zero-order valence-corrected chi connectivity index (χ0v) is 10.4. The Labute approximate surface area is 110 Å². The summed E-state index contributed by atoms with van der Waals surface area (Å²) in [5.41, 5.74) is 0.688. The van der Waals surface area contributed by atoms with Crippen LogP contribution < -0.4 is 4.90 Å². The third-order valence-electron chi connectivity index (χ3n) is 3.70. The lowest BCUT2D eigenvalue weighted by Gasteiger charge is -2.23. The van der Waals surface area contributed by atoms with E-state index >= 15 is 0 Å². The fourth-order valence-corrected chi connectivity index (χ4v) is 2.64. The summed E-state index contributed by atoms with van der Waals surface area (Å²) in [6.45, 7) is 1.96. The fraction of sp³-hybridized carbons (Fsp3) is 0.286. The van der Waals surface area contributed by atoms with Crippen molar-refractivity contribution in [1.29, 1.82) is 0 Å². The van der Waals surface area contributed by atoms with Crippen molar-refractivity contribution >= 4 is 17.3 Å². The quantitative estimate of drug-likeness (QED) is 0.588. The molecule has 1 aliphatic heterocycles. The Morgan fingerprint density at radius 2 is 2.05 bits per heavy atom. The number of benzene rings is 1. The van der Waals surface area contributed by atoms with Crippen molar-refractivity contribution < 1.29 is 15.1 Å². The molecule has 5 nitrogen and oxygen atoms in total. The Morgan fingerprint density at radius 3 is 2.68 bits per heavy atom. The molecule has 2 bridgehead atoms. The van der Waals surface area contributed by atoms with Gasteiger partial charge in [-0.05, 0) is 31.2 Å². The highest BCUT2D eigenvalue weighted by Crippen LogP contribution is 2.37. The molecule has 1 aliphatic carbocycles. The summed E-state index contributed by atoms with van der Waals surface area (Å²) in [6, 6.07) is 7.03. The van der Waals surface area contributed by atoms with Gasteiger partial charge in [-0.2, -0.15) is 0 Å². The molecule has 5 heteroatoms. The molecule has 0 radical (unpaired) electrons. The lowest BCUT2D eigenvalue weighted by Crippen LogP contribution is -2.39. The van der Waals surface area contributed by atoms with Crippen LogP contribution in [0.2, 0.25) is 0 Å². The number of nitrogens with zero attached hydrogens (tertiary/aromatic N) is 2. The van der Waals surface area contributed by atoms with E-state index in [1.54, 1.807) is 0 Å². The molecule has 1 aromatic rings. The lowest BCUT2D eigenvalue weighted by molar-refractivity contribution is -0.129. The van der Waals surface area contributed by atoms with Gasteiger partial charge in [0.25, 0.3) is 5.91 Å². The van der Waals surface area contributed by atoms with Gasteiger partial charge in [0, 0.05) is 12.1 Å². The third-order valence-corrected chi connectivity index (χ3v) is 3.70. The number of carbonyl (C=O) groups excluding carboxylic acids is 1. The number of anilines is 1. The monoisotopic (exact) mass is 258 g/mol. The molecule has 2 aliphatic rings. The van der Waals surface area contributed by atoms with Crippen LogP contribution in [0.25, 0.3) is 0 Å². The number of oxime groups is 1. The van der Waals surface area contributed by atoms with Crippen LogP contribution in [0.15, 0.2) is 41.6 Å². The molecule has 0 spiro atoms. The van der Waals surface area contributed by atoms with Crippen LogP contribution >= 0.6 is 0 Å². The predicted molar refractivity (Wildman–Crippen MR) is 70.4 cm³/mol. The molecule has 19 heavy (non-hydrogen) atoms. The van der Waals surface area contributed by atoms with Gasteiger partial charge in [-0.1, -0.05) is 22.9 Å². The van der Waals surface area contributed by atoms with Crippen molar-refractivity contribution in [2.45, 2.75) is 25.0 Å². The Balaban J connectivity index is 2.07. The summed E-state index contributed by atoms with van der Waals surface area (Å²) in [5.74, 6) is -0.378. The van der Waals surface area contributed by atoms with Crippen molar-refractivity contribution in [2.75, 3.05) is 4.90 Å². The van der Waals surface area contributed by atoms with Crippen molar-refractivity contribution in [3.8, 4) is 0 Å². The fourth-order valence-electron chi connectivity index (χ4n) is 2.64. The van der Waals surface area contributed by atoms with Crippen LogP contribution in [-0.2, 0) is 4.79 Å². The first kappa shape index (κ1) is 11.9. The molecule has 1 amide bonds. The Bertz CT molecular complexity index is 591. The average molecular weight is 258 g/mol. The van der Waals surface area contributed by atoms with Gasteiger partial charge in [-0.15, -0.1) is 0 Å². The van der Waals surface area contributed by atoms with Gasteiger partial charge < -0.3 is 15.2 Å². The lowest BCUT2D eigenvalue weighted by atomic mass is 9.91. The number of carbonyl (C=O) groups is 1. The second kappa shape index (κ2) is 3.93. The maximum atomic E-state index is 12.3. The first-order valence-electron chi connectivity index (χ1n) is 6.09. The van der Waals surface area contributed by atoms with Gasteiger partial charge in [0.05, 0.1) is 6.04 Å². The Hall–Kier alpha value is -2.14. The van der Waals surface area contributed by atoms with E-state index in [-0.39, 0.29) is 12.3 Å². The van der Waals surface area contributed by atoms with E-state index in [2.05, 4.69) is 5.16 Å². The third kappa shape index (κ3) is 1.66. The van der Waals surface area contributed by atoms with Gasteiger partial charge in [0.1, 0.15) is 5.71 Å². The molecular weight excluding hydrogens is 244 g/mol. The molecule has 98 valence electrons. The molecule has 0 unspecified atom stereocenters. The van der Waals surface area contributed by atoms with Crippen molar-refractivity contribution in [1.82, 2.24) is 0 Å². The van der Waals surface area contributed by atoms with Crippen LogP contribution in [0.3, 0.4) is 0 Å². The maximum absolute atomic E-state index is 12.3. The summed E-state index contributed by atoms with van der Waals surface area (Å²) in [6.07, 6.45) is 3.12. The minimum absolute atomic E-state index is 0.218. The molecule has 1 fully saturated rings. The second-order valence-corrected chi connectivity index (χ2v) is 5.01. The highest BCUT2D eigenvalue weighted by atomic mass is 16.4. The van der Waals surface area contributed by atoms with Gasteiger partial charge in [-0.25, -0.2) is 0 Å². The van der Waals surface area contributed by atoms with Crippen LogP contribution in [0.5, 0.6) is 0 Å². The van der Waals surface area contributed by atoms with E-state index in [4.69, 9.17) is 5.21 Å². The van der Waals surface area contributed by atoms with Crippen molar-refractivity contribution in [2.24, 2.45) is 5.16 Å². The Kier molecular flexibility index (Phi) is 2.46. The van der Waals surface area contributed by atoms with E-state index in [1.807, 2.05) is 31.2 Å². The molecule has 1 aromatic carbocycles. The number of aliphatic hydroxyl groups is 1. The molecule has 1 saturated heterocycles. The smallest absolute Gasteiger partial charge is 0.263 e. The molecule has 0 aromatic heterocycles. The number of amides is 1. The van der Waals surface area contributed by atoms with E-state index in [0.29, 0.717) is 11.4 Å². The SMILES string of the molecule is Cc1ccc(N2C(=O)[C@]3(O)C=C/C(=N\O)[C@H]2C3)cc1. The molecular formula is C14H14N2O3. The highest BCUT2D eigenvalue weighted by Gasteiger charge is 2.53. The minimum Gasteiger partial charge on any atom is -0.411 e. The predicted octanol–water partition coefficient (Wildman–Crippen LogP) is 1.23. The minimum atomic E-state index is -1.48. The van der Waals surface area contributed by atoms with Gasteiger partial charge in [0.15, 0.2) is 5.60 Å². The summed E-state index contributed by atoms with van der Waals surface area (Å²) < 4.78 is 0. The van der Waals surface area contributed by atoms with E-state index in [0.717, 1.165) is 5.56 Å². The average Bonchev–Trinajstić information content (AvgIpc) is 2.60. The largest absolute Gasteiger partial charge is 0.411 e. The standard InChI is InChI=1S/C14H14N2O3/c1-9-2-4-10(5-3-9)16-12-8-14(18,13(16)17)7-6-11(12)15-19/h2-7,12,18-19H,8H2,1H3/b15-11+/t12-,14+/m1/s1. The molecule has 1 heterocycles. The van der Waals surface area contributed by atoms with Crippen molar-refractivity contribution in [3.63, 3.8) is 0 Å². The number of hydrogen-bond donors (Lipinski definition) is 2. The number of rotatable bonds is 1. The summed E-state index contributed by atoms with van der Waals surface area (Å²) >= 11 is 0. The first-order valence-corrected chi connectivity index (χ1v) is 6.09. The zero-order chi connectivity index (χ0) is 13.6. The number of aryl methyl sites for hydroxylation is 1. The summed E-state index contributed by atoms with van der Waals surface area (Å²) in [5, 5.41) is 22.5. The number of hydrogen-bond acceptors (Lipinski definition) is 4. The van der Waals surface area contributed by atoms with Crippen LogP contribution in [0.4, 0.5) is 5.69 Å². The summed E-state index contributed by atoms with van der Waals surface area (Å²) in [4.78, 5) is 13.8. The van der Waals surface area contributed by atoms with Crippen molar-refractivity contribution in [3.05, 3.63) is 42.0 Å². The zero-order valence-electron chi connectivity index (χ0n) is 10.4. The maximum Gasteiger partial charge on any atom is 0.263 e. The number of fused-ring (bicyclic) bond motifs is 2. The normalized spacial score (nSPS) is 31.3. The van der Waals surface area contributed by atoms with E-state index in [9.17, 15) is 9.90 Å². The Morgan fingerprint density at radius 1 is 1.37 bits per heavy atom. The van der Waals surface area contributed by atoms with Gasteiger partial charge in [-0.3, -0.25) is 4.79 Å². The molecule has 0 saturated carbocycles. The molecule has 3 rings (SSSR count). The van der Waals surface area contributed by atoms with E-state index in [1.165, 1.54) is 17.1 Å². The highest BCUT2D eigenvalue weighted by molar-refractivity contribution is 6.16. The second-order valence-electron chi connectivity index (χ2n) is 5.01.